The molecule has 0 spiro atoms. The first-order valence-corrected chi connectivity index (χ1v) is 22.7. The summed E-state index contributed by atoms with van der Waals surface area (Å²) in [7, 11) is 1.41. The van der Waals surface area contributed by atoms with Gasteiger partial charge in [0.1, 0.15) is 55.4 Å². The van der Waals surface area contributed by atoms with E-state index in [1.807, 2.05) is 18.2 Å². The summed E-state index contributed by atoms with van der Waals surface area (Å²) in [4.78, 5) is 80.7. The molecular formula is C50H61N11O7. The van der Waals surface area contributed by atoms with Gasteiger partial charge in [-0.05, 0) is 106 Å². The monoisotopic (exact) mass is 927 g/mol. The molecule has 2 heterocycles. The molecule has 18 nitrogen and oxygen atoms in total. The number of amides is 5. The number of nitriles is 1. The fraction of sp³-hybridized carbons (Fsp3) is 0.400. The van der Waals surface area contributed by atoms with Crippen LogP contribution < -0.4 is 47.9 Å². The molecular weight excluding hydrogens is 867 g/mol. The number of nitrogens with one attached hydrogen (secondary N) is 4. The molecule has 1 aliphatic rings. The third kappa shape index (κ3) is 13.4. The highest BCUT2D eigenvalue weighted by atomic mass is 16.5. The van der Waals surface area contributed by atoms with E-state index in [0.717, 1.165) is 24.8 Å². The minimum Gasteiger partial charge on any atom is -0.492 e. The second kappa shape index (κ2) is 24.9. The van der Waals surface area contributed by atoms with Crippen LogP contribution in [0.25, 0.3) is 11.1 Å². The van der Waals surface area contributed by atoms with Crippen LogP contribution >= 0.6 is 0 Å². The van der Waals surface area contributed by atoms with E-state index in [1.165, 1.54) is 24.4 Å². The number of nitrogens with zero attached hydrogens (tertiary/aromatic N) is 4. The van der Waals surface area contributed by atoms with Crippen molar-refractivity contribution in [2.45, 2.75) is 84.0 Å². The van der Waals surface area contributed by atoms with E-state index in [2.05, 4.69) is 62.1 Å². The number of rotatable bonds is 17. The third-order valence-corrected chi connectivity index (χ3v) is 11.2. The fourth-order valence-corrected chi connectivity index (χ4v) is 7.72. The van der Waals surface area contributed by atoms with Gasteiger partial charge < -0.3 is 52.8 Å². The number of aryl methyl sites for hydroxylation is 3. The summed E-state index contributed by atoms with van der Waals surface area (Å²) in [5, 5.41) is 19.9. The van der Waals surface area contributed by atoms with Crippen molar-refractivity contribution in [3.05, 3.63) is 106 Å². The molecule has 18 heteroatoms. The number of hydrogen-bond acceptors (Lipinski definition) is 13. The molecule has 1 unspecified atom stereocenters. The van der Waals surface area contributed by atoms with Crippen LogP contribution in [0.4, 0.5) is 0 Å². The van der Waals surface area contributed by atoms with Gasteiger partial charge in [0.05, 0.1) is 23.0 Å². The molecule has 1 aromatic heterocycles. The molecule has 0 saturated carbocycles. The number of aromatic nitrogens is 2. The highest BCUT2D eigenvalue weighted by Gasteiger charge is 2.36. The molecule has 3 aromatic carbocycles. The predicted octanol–water partition coefficient (Wildman–Crippen LogP) is 2.01. The Morgan fingerprint density at radius 2 is 1.53 bits per heavy atom. The second-order valence-electron chi connectivity index (χ2n) is 16.3. The van der Waals surface area contributed by atoms with Crippen LogP contribution in [0.1, 0.15) is 89.0 Å². The van der Waals surface area contributed by atoms with E-state index < -0.39 is 53.7 Å². The lowest BCUT2D eigenvalue weighted by Crippen LogP contribution is -2.56. The van der Waals surface area contributed by atoms with E-state index in [0.29, 0.717) is 45.1 Å². The molecule has 4 atom stereocenters. The maximum absolute atomic E-state index is 14.7. The van der Waals surface area contributed by atoms with Gasteiger partial charge in [-0.15, -0.1) is 0 Å². The number of benzene rings is 3. The Bertz CT molecular complexity index is 2540. The first-order chi connectivity index (χ1) is 32.7. The average molecular weight is 928 g/mol. The molecule has 10 N–H and O–H groups in total. The number of carbonyl (C=O) groups is 5. The summed E-state index contributed by atoms with van der Waals surface area (Å²) in [6, 6.07) is 15.0. The lowest BCUT2D eigenvalue weighted by atomic mass is 9.93. The Hall–Kier alpha value is -7.38. The SMILES string of the molecule is CCCCc1ccc(C#Cc2nc(C)c(C(=O)NC(CCN)C(=O)N(C)[C@@H]3C(=O)N[C@@H](C)C(=O)N[C@H](C(=O)NCC#N)Cc4ccc(OCCN)c(c4)-c4cc3ccc4OCCN)c(C)n2)cc1. The van der Waals surface area contributed by atoms with Crippen LogP contribution in [-0.2, 0) is 32.0 Å². The average Bonchev–Trinajstić information content (AvgIpc) is 3.32. The lowest BCUT2D eigenvalue weighted by Gasteiger charge is -2.32. The van der Waals surface area contributed by atoms with Gasteiger partial charge in [0.15, 0.2) is 0 Å². The van der Waals surface area contributed by atoms with E-state index in [-0.39, 0.29) is 63.6 Å². The molecule has 4 bridgehead atoms. The summed E-state index contributed by atoms with van der Waals surface area (Å²) in [5.74, 6) is 3.67. The van der Waals surface area contributed by atoms with Gasteiger partial charge in [-0.25, -0.2) is 9.97 Å². The molecule has 0 radical (unpaired) electrons. The first kappa shape index (κ1) is 51.6. The van der Waals surface area contributed by atoms with Gasteiger partial charge in [-0.3, -0.25) is 24.0 Å². The van der Waals surface area contributed by atoms with Crippen molar-refractivity contribution < 1.29 is 33.4 Å². The topological polar surface area (TPSA) is 283 Å². The van der Waals surface area contributed by atoms with Crippen molar-refractivity contribution in [3.8, 4) is 40.5 Å². The Balaban J connectivity index is 1.53. The Morgan fingerprint density at radius 3 is 2.15 bits per heavy atom. The second-order valence-corrected chi connectivity index (χ2v) is 16.3. The van der Waals surface area contributed by atoms with Crippen LogP contribution in [0.3, 0.4) is 0 Å². The quantitative estimate of drug-likeness (QED) is 0.0590. The van der Waals surface area contributed by atoms with Crippen molar-refractivity contribution in [3.63, 3.8) is 0 Å². The Kier molecular flexibility index (Phi) is 18.9. The molecule has 0 saturated heterocycles. The standard InChI is InChI=1S/C50H61N11O7/c1-6-7-8-33-9-11-34(12-10-33)14-18-43-56-30(2)44(31(3)57-43)48(64)59-39(19-20-51)50(66)61(5)45-36-15-17-42(68-26-23-54)38(29-36)37-27-35(13-16-41(37)67-25-22-53)28-40(47(63)55-24-21-52)60-46(62)32(4)58-49(45)65/h9-13,15-17,27,29,32,39-40,45H,6-8,19-20,22-26,28,51,53-54H2,1-5H3,(H,55,63)(H,58,65)(H,59,64)(H,60,62)/t32-,39?,40-,45-/m0/s1. The third-order valence-electron chi connectivity index (χ3n) is 11.2. The number of unbranched alkanes of at least 4 members (excludes halogenated alkanes) is 1. The van der Waals surface area contributed by atoms with Crippen molar-refractivity contribution >= 4 is 29.5 Å². The first-order valence-electron chi connectivity index (χ1n) is 22.7. The van der Waals surface area contributed by atoms with Crippen LogP contribution in [0.2, 0.25) is 0 Å². The number of likely N-dealkylation sites (N-methyl/N-ethyl adjacent to an activating group) is 1. The largest absolute Gasteiger partial charge is 0.492 e. The zero-order valence-electron chi connectivity index (χ0n) is 39.2. The molecule has 5 rings (SSSR count). The van der Waals surface area contributed by atoms with Crippen molar-refractivity contribution in [1.29, 1.82) is 5.26 Å². The number of hydrogen-bond donors (Lipinski definition) is 7. The molecule has 358 valence electrons. The number of carbonyl (C=O) groups excluding carboxylic acids is 5. The number of ether oxygens (including phenoxy) is 2. The molecule has 5 amide bonds. The summed E-state index contributed by atoms with van der Waals surface area (Å²) in [5.41, 5.74) is 22.4. The van der Waals surface area contributed by atoms with Gasteiger partial charge in [-0.2, -0.15) is 5.26 Å². The summed E-state index contributed by atoms with van der Waals surface area (Å²) in [6.07, 6.45) is 3.20. The van der Waals surface area contributed by atoms with Crippen molar-refractivity contribution in [2.24, 2.45) is 17.2 Å². The van der Waals surface area contributed by atoms with E-state index in [1.54, 1.807) is 50.2 Å². The highest BCUT2D eigenvalue weighted by Crippen LogP contribution is 2.40. The van der Waals surface area contributed by atoms with Gasteiger partial charge >= 0.3 is 0 Å². The molecule has 0 fully saturated rings. The van der Waals surface area contributed by atoms with Crippen LogP contribution in [0, 0.1) is 37.0 Å². The fourth-order valence-electron chi connectivity index (χ4n) is 7.72. The maximum Gasteiger partial charge on any atom is 0.255 e. The van der Waals surface area contributed by atoms with Crippen LogP contribution in [0.5, 0.6) is 11.5 Å². The molecule has 0 aliphatic carbocycles. The van der Waals surface area contributed by atoms with Gasteiger partial charge in [-0.1, -0.05) is 43.5 Å². The minimum absolute atomic E-state index is 0.00173. The van der Waals surface area contributed by atoms with Crippen LogP contribution in [-0.4, -0.2) is 109 Å². The van der Waals surface area contributed by atoms with E-state index >= 15 is 0 Å². The van der Waals surface area contributed by atoms with Crippen LogP contribution in [0.15, 0.2) is 60.7 Å². The lowest BCUT2D eigenvalue weighted by molar-refractivity contribution is -0.141. The summed E-state index contributed by atoms with van der Waals surface area (Å²) >= 11 is 0. The maximum atomic E-state index is 14.7. The Morgan fingerprint density at radius 1 is 0.882 bits per heavy atom. The summed E-state index contributed by atoms with van der Waals surface area (Å²) in [6.45, 7) is 7.24. The zero-order valence-corrected chi connectivity index (χ0v) is 39.2. The van der Waals surface area contributed by atoms with Crippen molar-refractivity contribution in [1.82, 2.24) is 36.1 Å². The van der Waals surface area contributed by atoms with E-state index in [9.17, 15) is 29.2 Å². The summed E-state index contributed by atoms with van der Waals surface area (Å²) < 4.78 is 12.2. The van der Waals surface area contributed by atoms with Gasteiger partial charge in [0, 0.05) is 43.2 Å². The smallest absolute Gasteiger partial charge is 0.255 e. The van der Waals surface area contributed by atoms with Gasteiger partial charge in [0.2, 0.25) is 29.5 Å². The molecule has 68 heavy (non-hydrogen) atoms. The van der Waals surface area contributed by atoms with E-state index in [4.69, 9.17) is 26.7 Å². The van der Waals surface area contributed by atoms with Gasteiger partial charge in [0.25, 0.3) is 5.91 Å². The number of nitrogens with two attached hydrogens (primary N) is 3. The number of fused-ring (bicyclic) bond motifs is 5. The molecule has 4 aromatic rings. The van der Waals surface area contributed by atoms with Crippen molar-refractivity contribution in [2.75, 3.05) is 46.4 Å². The minimum atomic E-state index is -1.41. The Labute approximate surface area is 397 Å². The molecule has 1 aliphatic heterocycles. The highest BCUT2D eigenvalue weighted by molar-refractivity contribution is 6.00. The zero-order chi connectivity index (χ0) is 49.3. The normalized spacial score (nSPS) is 16.0. The predicted molar refractivity (Wildman–Crippen MR) is 256 cm³/mol.